The summed E-state index contributed by atoms with van der Waals surface area (Å²) in [5, 5.41) is 5.95. The van der Waals surface area contributed by atoms with Crippen molar-refractivity contribution in [3.8, 4) is 0 Å². The van der Waals surface area contributed by atoms with Gasteiger partial charge in [-0.25, -0.2) is 4.98 Å². The minimum absolute atomic E-state index is 0.191. The maximum Gasteiger partial charge on any atom is 0.164 e. The molecule has 0 bridgehead atoms. The Balaban J connectivity index is 1.79. The van der Waals surface area contributed by atoms with Crippen molar-refractivity contribution in [3.05, 3.63) is 71.3 Å². The van der Waals surface area contributed by atoms with Gasteiger partial charge in [-0.05, 0) is 37.6 Å². The second kappa shape index (κ2) is 6.65. The number of aryl methyl sites for hydroxylation is 1. The molecule has 0 saturated carbocycles. The number of allylic oxidation sites excluding steroid dienone is 4. The van der Waals surface area contributed by atoms with Gasteiger partial charge in [0.25, 0.3) is 0 Å². The van der Waals surface area contributed by atoms with Crippen LogP contribution >= 0.6 is 0 Å². The van der Waals surface area contributed by atoms with E-state index >= 15 is 0 Å². The fourth-order valence-corrected chi connectivity index (χ4v) is 4.07. The molecule has 3 heterocycles. The Labute approximate surface area is 158 Å². The number of nitrogens with zero attached hydrogens (tertiary/aromatic N) is 3. The monoisotopic (exact) mass is 360 g/mol. The number of rotatable bonds is 5. The van der Waals surface area contributed by atoms with Crippen LogP contribution in [0.1, 0.15) is 42.3 Å². The lowest BCUT2D eigenvalue weighted by atomic mass is 9.85. The number of nitrogens with one attached hydrogen (secondary N) is 1. The molecule has 4 rings (SSSR count). The molecule has 0 spiro atoms. The largest absolute Gasteiger partial charge is 0.346 e. The van der Waals surface area contributed by atoms with E-state index in [0.29, 0.717) is 12.8 Å². The summed E-state index contributed by atoms with van der Waals surface area (Å²) in [6, 6.07) is 4.04. The quantitative estimate of drug-likeness (QED) is 0.743. The van der Waals surface area contributed by atoms with Gasteiger partial charge in [-0.2, -0.15) is 5.10 Å². The molecule has 138 valence electrons. The van der Waals surface area contributed by atoms with Crippen molar-refractivity contribution in [2.75, 3.05) is 0 Å². The standard InChI is InChI=1S/C22H24N4O/c1-4-20(27)22(10-6-5-7-11-22)26-16(3)19(15(2)25-26)13-17-14-24-21-18(17)9-8-12-23-21/h5-10,12,14H,4,11,13H2,1-3H3,(H,23,24). The molecule has 0 saturated heterocycles. The molecule has 0 aromatic carbocycles. The first kappa shape index (κ1) is 17.5. The number of aromatic nitrogens is 4. The van der Waals surface area contributed by atoms with Crippen LogP contribution in [-0.4, -0.2) is 25.5 Å². The van der Waals surface area contributed by atoms with E-state index in [0.717, 1.165) is 28.8 Å². The number of Topliss-reactive ketones (excluding diaryl/α,β-unsaturated/α-hetero) is 1. The van der Waals surface area contributed by atoms with Crippen molar-refractivity contribution in [2.24, 2.45) is 0 Å². The molecule has 0 radical (unpaired) electrons. The van der Waals surface area contributed by atoms with Crippen LogP contribution in [0.3, 0.4) is 0 Å². The van der Waals surface area contributed by atoms with Crippen LogP contribution in [0, 0.1) is 13.8 Å². The molecular weight excluding hydrogens is 336 g/mol. The third-order valence-corrected chi connectivity index (χ3v) is 5.58. The first-order valence-electron chi connectivity index (χ1n) is 9.41. The SMILES string of the molecule is CCC(=O)C1(n2nc(C)c(Cc3c[nH]c4ncccc34)c2C)C=CC=CC1. The maximum atomic E-state index is 12.9. The normalized spacial score (nSPS) is 19.1. The van der Waals surface area contributed by atoms with Gasteiger partial charge in [0, 0.05) is 48.3 Å². The lowest BCUT2D eigenvalue weighted by Gasteiger charge is -2.31. The molecule has 0 aliphatic heterocycles. The van der Waals surface area contributed by atoms with Crippen LogP contribution in [0.4, 0.5) is 0 Å². The molecule has 1 aliphatic rings. The van der Waals surface area contributed by atoms with Crippen LogP contribution < -0.4 is 0 Å². The smallest absolute Gasteiger partial charge is 0.164 e. The highest BCUT2D eigenvalue weighted by Gasteiger charge is 2.39. The third kappa shape index (κ3) is 2.74. The Morgan fingerprint density at radius 2 is 2.19 bits per heavy atom. The number of hydrogen-bond donors (Lipinski definition) is 1. The molecule has 0 fully saturated rings. The predicted octanol–water partition coefficient (Wildman–Crippen LogP) is 4.16. The summed E-state index contributed by atoms with van der Waals surface area (Å²) in [6.45, 7) is 6.01. The number of pyridine rings is 1. The van der Waals surface area contributed by atoms with Crippen molar-refractivity contribution >= 4 is 16.8 Å². The minimum atomic E-state index is -0.710. The summed E-state index contributed by atoms with van der Waals surface area (Å²) in [5.74, 6) is 0.191. The summed E-state index contributed by atoms with van der Waals surface area (Å²) in [5.41, 5.74) is 4.57. The molecule has 5 nitrogen and oxygen atoms in total. The van der Waals surface area contributed by atoms with Gasteiger partial charge in [0.05, 0.1) is 5.69 Å². The molecular formula is C22H24N4O. The summed E-state index contributed by atoms with van der Waals surface area (Å²) >= 11 is 0. The second-order valence-electron chi connectivity index (χ2n) is 7.14. The first-order chi connectivity index (χ1) is 13.1. The van der Waals surface area contributed by atoms with Crippen molar-refractivity contribution in [3.63, 3.8) is 0 Å². The van der Waals surface area contributed by atoms with Crippen molar-refractivity contribution in [1.29, 1.82) is 0 Å². The van der Waals surface area contributed by atoms with Crippen molar-refractivity contribution in [2.45, 2.75) is 45.6 Å². The van der Waals surface area contributed by atoms with E-state index in [4.69, 9.17) is 5.10 Å². The number of fused-ring (bicyclic) bond motifs is 1. The number of carbonyl (C=O) groups is 1. The average molecular weight is 360 g/mol. The van der Waals surface area contributed by atoms with Gasteiger partial charge in [-0.15, -0.1) is 0 Å². The highest BCUT2D eigenvalue weighted by Crippen LogP contribution is 2.33. The molecule has 5 heteroatoms. The first-order valence-corrected chi connectivity index (χ1v) is 9.41. The molecule has 1 aliphatic carbocycles. The molecule has 1 unspecified atom stereocenters. The Bertz CT molecular complexity index is 1070. The van der Waals surface area contributed by atoms with E-state index in [1.807, 2.05) is 49.0 Å². The lowest BCUT2D eigenvalue weighted by Crippen LogP contribution is -2.41. The van der Waals surface area contributed by atoms with Crippen LogP contribution in [-0.2, 0) is 16.8 Å². The van der Waals surface area contributed by atoms with Gasteiger partial charge < -0.3 is 4.98 Å². The van der Waals surface area contributed by atoms with Crippen LogP contribution in [0.5, 0.6) is 0 Å². The number of aromatic amines is 1. The Hall–Kier alpha value is -2.95. The van der Waals surface area contributed by atoms with E-state index in [2.05, 4.69) is 29.0 Å². The Morgan fingerprint density at radius 3 is 2.93 bits per heavy atom. The highest BCUT2D eigenvalue weighted by molar-refractivity contribution is 5.89. The number of H-pyrrole nitrogens is 1. The van der Waals surface area contributed by atoms with Crippen molar-refractivity contribution in [1.82, 2.24) is 19.7 Å². The van der Waals surface area contributed by atoms with E-state index in [1.54, 1.807) is 6.20 Å². The minimum Gasteiger partial charge on any atom is -0.346 e. The summed E-state index contributed by atoms with van der Waals surface area (Å²) in [6.07, 6.45) is 13.7. The molecule has 0 amide bonds. The van der Waals surface area contributed by atoms with E-state index < -0.39 is 5.54 Å². The fourth-order valence-electron chi connectivity index (χ4n) is 4.07. The summed E-state index contributed by atoms with van der Waals surface area (Å²) in [7, 11) is 0. The zero-order chi connectivity index (χ0) is 19.0. The summed E-state index contributed by atoms with van der Waals surface area (Å²) < 4.78 is 1.94. The zero-order valence-corrected chi connectivity index (χ0v) is 16.0. The number of ketones is 1. The van der Waals surface area contributed by atoms with Gasteiger partial charge in [0.1, 0.15) is 11.2 Å². The van der Waals surface area contributed by atoms with Gasteiger partial charge in [0.15, 0.2) is 5.78 Å². The topological polar surface area (TPSA) is 63.6 Å². The third-order valence-electron chi connectivity index (χ3n) is 5.58. The highest BCUT2D eigenvalue weighted by atomic mass is 16.1. The molecule has 3 aromatic heterocycles. The Kier molecular flexibility index (Phi) is 4.30. The predicted molar refractivity (Wildman–Crippen MR) is 107 cm³/mol. The van der Waals surface area contributed by atoms with Gasteiger partial charge in [0.2, 0.25) is 0 Å². The number of carbonyl (C=O) groups excluding carboxylic acids is 1. The average Bonchev–Trinajstić information content (AvgIpc) is 3.24. The summed E-state index contributed by atoms with van der Waals surface area (Å²) in [4.78, 5) is 20.5. The van der Waals surface area contributed by atoms with Gasteiger partial charge in [-0.3, -0.25) is 9.48 Å². The van der Waals surface area contributed by atoms with Crippen LogP contribution in [0.25, 0.3) is 11.0 Å². The lowest BCUT2D eigenvalue weighted by molar-refractivity contribution is -0.125. The molecule has 3 aromatic rings. The van der Waals surface area contributed by atoms with Gasteiger partial charge in [-0.1, -0.05) is 25.2 Å². The van der Waals surface area contributed by atoms with E-state index in [-0.39, 0.29) is 5.78 Å². The van der Waals surface area contributed by atoms with Crippen LogP contribution in [0.15, 0.2) is 48.8 Å². The fraction of sp³-hybridized carbons (Fsp3) is 0.318. The van der Waals surface area contributed by atoms with Crippen molar-refractivity contribution < 1.29 is 4.79 Å². The maximum absolute atomic E-state index is 12.9. The molecule has 27 heavy (non-hydrogen) atoms. The Morgan fingerprint density at radius 1 is 1.33 bits per heavy atom. The second-order valence-corrected chi connectivity index (χ2v) is 7.14. The molecule has 1 atom stereocenters. The van der Waals surface area contributed by atoms with Crippen LogP contribution in [0.2, 0.25) is 0 Å². The zero-order valence-electron chi connectivity index (χ0n) is 16.0. The molecule has 1 N–H and O–H groups in total. The van der Waals surface area contributed by atoms with E-state index in [1.165, 1.54) is 11.1 Å². The number of hydrogen-bond acceptors (Lipinski definition) is 3. The van der Waals surface area contributed by atoms with Gasteiger partial charge >= 0.3 is 0 Å². The van der Waals surface area contributed by atoms with E-state index in [9.17, 15) is 4.79 Å².